The minimum atomic E-state index is 0.120. The van der Waals surface area contributed by atoms with E-state index in [0.29, 0.717) is 6.42 Å². The van der Waals surface area contributed by atoms with Crippen LogP contribution in [-0.4, -0.2) is 37.5 Å². The molecule has 1 amide bonds. The molecule has 1 fully saturated rings. The standard InChI is InChI=1S/C17H22N2O/c1-3-15-13-17(20)19(14-15)12-8-7-11-18(2)16-9-5-4-6-10-16/h1,4-6,9-10,15H,7-8,11-14H2,2H3. The molecule has 1 aliphatic rings. The van der Waals surface area contributed by atoms with Crippen LogP contribution in [0.3, 0.4) is 0 Å². The van der Waals surface area contributed by atoms with E-state index in [1.807, 2.05) is 11.0 Å². The summed E-state index contributed by atoms with van der Waals surface area (Å²) in [6, 6.07) is 10.4. The number of rotatable bonds is 6. The van der Waals surface area contributed by atoms with Gasteiger partial charge in [-0.3, -0.25) is 4.79 Å². The zero-order valence-corrected chi connectivity index (χ0v) is 12.1. The van der Waals surface area contributed by atoms with Gasteiger partial charge in [-0.1, -0.05) is 18.2 Å². The van der Waals surface area contributed by atoms with Gasteiger partial charge in [0.2, 0.25) is 5.91 Å². The molecule has 3 heteroatoms. The predicted molar refractivity (Wildman–Crippen MR) is 82.5 cm³/mol. The molecule has 1 aliphatic heterocycles. The molecule has 0 saturated carbocycles. The van der Waals surface area contributed by atoms with Crippen LogP contribution in [0.25, 0.3) is 0 Å². The van der Waals surface area contributed by atoms with E-state index in [0.717, 1.165) is 32.5 Å². The topological polar surface area (TPSA) is 23.6 Å². The summed E-state index contributed by atoms with van der Waals surface area (Å²) in [6.45, 7) is 2.58. The van der Waals surface area contributed by atoms with E-state index in [-0.39, 0.29) is 11.8 Å². The van der Waals surface area contributed by atoms with E-state index in [9.17, 15) is 4.79 Å². The summed E-state index contributed by atoms with van der Waals surface area (Å²) in [5, 5.41) is 0. The zero-order chi connectivity index (χ0) is 14.4. The second kappa shape index (κ2) is 7.00. The van der Waals surface area contributed by atoms with Crippen LogP contribution >= 0.6 is 0 Å². The van der Waals surface area contributed by atoms with E-state index in [4.69, 9.17) is 6.42 Å². The van der Waals surface area contributed by atoms with Gasteiger partial charge in [-0.2, -0.15) is 0 Å². The molecule has 106 valence electrons. The van der Waals surface area contributed by atoms with Crippen LogP contribution in [0.5, 0.6) is 0 Å². The van der Waals surface area contributed by atoms with Crippen LogP contribution in [-0.2, 0) is 4.79 Å². The molecule has 0 aliphatic carbocycles. The van der Waals surface area contributed by atoms with Gasteiger partial charge in [0.25, 0.3) is 0 Å². The Bertz CT molecular complexity index is 478. The second-order valence-corrected chi connectivity index (χ2v) is 5.37. The Morgan fingerprint density at radius 1 is 1.35 bits per heavy atom. The molecule has 2 rings (SSSR count). The summed E-state index contributed by atoms with van der Waals surface area (Å²) in [5.41, 5.74) is 1.23. The molecule has 1 aromatic rings. The van der Waals surface area contributed by atoms with Crippen molar-refractivity contribution in [2.24, 2.45) is 5.92 Å². The Labute approximate surface area is 121 Å². The monoisotopic (exact) mass is 270 g/mol. The maximum atomic E-state index is 11.7. The Hall–Kier alpha value is -1.95. The van der Waals surface area contributed by atoms with E-state index in [1.165, 1.54) is 5.69 Å². The highest BCUT2D eigenvalue weighted by molar-refractivity contribution is 5.79. The van der Waals surface area contributed by atoms with Crippen LogP contribution in [0.2, 0.25) is 0 Å². The van der Waals surface area contributed by atoms with E-state index in [1.54, 1.807) is 0 Å². The van der Waals surface area contributed by atoms with E-state index < -0.39 is 0 Å². The van der Waals surface area contributed by atoms with Gasteiger partial charge in [-0.25, -0.2) is 0 Å². The number of amides is 1. The van der Waals surface area contributed by atoms with Crippen molar-refractivity contribution in [1.82, 2.24) is 4.90 Å². The van der Waals surface area contributed by atoms with Crippen molar-refractivity contribution < 1.29 is 4.79 Å². The number of benzene rings is 1. The van der Waals surface area contributed by atoms with Crippen molar-refractivity contribution >= 4 is 11.6 Å². The number of carbonyl (C=O) groups is 1. The van der Waals surface area contributed by atoms with Crippen LogP contribution in [0, 0.1) is 18.3 Å². The third-order valence-electron chi connectivity index (χ3n) is 3.82. The molecule has 3 nitrogen and oxygen atoms in total. The zero-order valence-electron chi connectivity index (χ0n) is 12.1. The van der Waals surface area contributed by atoms with Gasteiger partial charge in [-0.05, 0) is 25.0 Å². The first-order chi connectivity index (χ1) is 9.70. The summed E-state index contributed by atoms with van der Waals surface area (Å²) in [6.07, 6.45) is 8.02. The maximum absolute atomic E-state index is 11.7. The number of hydrogen-bond acceptors (Lipinski definition) is 2. The van der Waals surface area contributed by atoms with Gasteiger partial charge in [0.15, 0.2) is 0 Å². The van der Waals surface area contributed by atoms with E-state index >= 15 is 0 Å². The molecule has 0 N–H and O–H groups in total. The van der Waals surface area contributed by atoms with Gasteiger partial charge < -0.3 is 9.80 Å². The largest absolute Gasteiger partial charge is 0.375 e. The Morgan fingerprint density at radius 2 is 2.10 bits per heavy atom. The van der Waals surface area contributed by atoms with Crippen molar-refractivity contribution in [2.45, 2.75) is 19.3 Å². The first-order valence-corrected chi connectivity index (χ1v) is 7.21. The number of unbranched alkanes of at least 4 members (excludes halogenated alkanes) is 1. The smallest absolute Gasteiger partial charge is 0.223 e. The number of para-hydroxylation sites is 1. The van der Waals surface area contributed by atoms with Crippen molar-refractivity contribution in [3.05, 3.63) is 30.3 Å². The van der Waals surface area contributed by atoms with Crippen molar-refractivity contribution in [3.8, 4) is 12.3 Å². The predicted octanol–water partition coefficient (Wildman–Crippen LogP) is 2.38. The van der Waals surface area contributed by atoms with E-state index in [2.05, 4.69) is 42.1 Å². The lowest BCUT2D eigenvalue weighted by molar-refractivity contribution is -0.127. The SMILES string of the molecule is C#CC1CC(=O)N(CCCCN(C)c2ccccc2)C1. The highest BCUT2D eigenvalue weighted by Crippen LogP contribution is 2.17. The molecule has 1 saturated heterocycles. The van der Waals surface area contributed by atoms with Gasteiger partial charge in [0.1, 0.15) is 0 Å². The number of anilines is 1. The molecule has 1 atom stereocenters. The normalized spacial score (nSPS) is 18.1. The van der Waals surface area contributed by atoms with Gasteiger partial charge >= 0.3 is 0 Å². The Morgan fingerprint density at radius 3 is 2.75 bits per heavy atom. The summed E-state index contributed by atoms with van der Waals surface area (Å²) < 4.78 is 0. The Balaban J connectivity index is 1.67. The van der Waals surface area contributed by atoms with Gasteiger partial charge in [0.05, 0.1) is 0 Å². The molecule has 0 bridgehead atoms. The first-order valence-electron chi connectivity index (χ1n) is 7.21. The summed E-state index contributed by atoms with van der Waals surface area (Å²) in [5.74, 6) is 3.02. The lowest BCUT2D eigenvalue weighted by Gasteiger charge is -2.20. The molecule has 1 unspecified atom stereocenters. The number of terminal acetylenes is 1. The molecule has 0 radical (unpaired) electrons. The average Bonchev–Trinajstić information content (AvgIpc) is 2.85. The summed E-state index contributed by atoms with van der Waals surface area (Å²) in [4.78, 5) is 15.9. The van der Waals surface area contributed by atoms with Crippen LogP contribution in [0.1, 0.15) is 19.3 Å². The minimum Gasteiger partial charge on any atom is -0.375 e. The Kier molecular flexibility index (Phi) is 5.06. The third kappa shape index (κ3) is 3.77. The third-order valence-corrected chi connectivity index (χ3v) is 3.82. The van der Waals surface area contributed by atoms with Crippen molar-refractivity contribution in [1.29, 1.82) is 0 Å². The van der Waals surface area contributed by atoms with Crippen LogP contribution < -0.4 is 4.90 Å². The molecule has 0 aromatic heterocycles. The fraction of sp³-hybridized carbons (Fsp3) is 0.471. The molecule has 20 heavy (non-hydrogen) atoms. The average molecular weight is 270 g/mol. The van der Waals surface area contributed by atoms with Crippen molar-refractivity contribution in [3.63, 3.8) is 0 Å². The first kappa shape index (κ1) is 14.5. The highest BCUT2D eigenvalue weighted by atomic mass is 16.2. The quantitative estimate of drug-likeness (QED) is 0.585. The molecular formula is C17H22N2O. The minimum absolute atomic E-state index is 0.120. The number of nitrogens with zero attached hydrogens (tertiary/aromatic N) is 2. The fourth-order valence-electron chi connectivity index (χ4n) is 2.56. The van der Waals surface area contributed by atoms with Crippen molar-refractivity contribution in [2.75, 3.05) is 31.6 Å². The molecular weight excluding hydrogens is 248 g/mol. The summed E-state index contributed by atoms with van der Waals surface area (Å²) in [7, 11) is 2.10. The van der Waals surface area contributed by atoms with Crippen LogP contribution in [0.4, 0.5) is 5.69 Å². The summed E-state index contributed by atoms with van der Waals surface area (Å²) >= 11 is 0. The lowest BCUT2D eigenvalue weighted by atomic mass is 10.1. The molecule has 1 aromatic carbocycles. The lowest BCUT2D eigenvalue weighted by Crippen LogP contribution is -2.27. The van der Waals surface area contributed by atoms with Gasteiger partial charge in [0, 0.05) is 44.7 Å². The van der Waals surface area contributed by atoms with Gasteiger partial charge in [-0.15, -0.1) is 12.3 Å². The second-order valence-electron chi connectivity index (χ2n) is 5.37. The number of likely N-dealkylation sites (tertiary alicyclic amines) is 1. The van der Waals surface area contributed by atoms with Crippen LogP contribution in [0.15, 0.2) is 30.3 Å². The maximum Gasteiger partial charge on any atom is 0.223 e. The molecule has 0 spiro atoms. The number of carbonyl (C=O) groups excluding carboxylic acids is 1. The fourth-order valence-corrected chi connectivity index (χ4v) is 2.56. The highest BCUT2D eigenvalue weighted by Gasteiger charge is 2.27. The molecule has 1 heterocycles. The number of hydrogen-bond donors (Lipinski definition) is 0.